The Bertz CT molecular complexity index is 361. The molecule has 1 heterocycles. The number of aliphatic hydroxyl groups is 1. The van der Waals surface area contributed by atoms with E-state index in [0.29, 0.717) is 5.56 Å². The molecule has 0 saturated carbocycles. The highest BCUT2D eigenvalue weighted by Crippen LogP contribution is 2.30. The normalized spacial score (nSPS) is 22.9. The first kappa shape index (κ1) is 11.2. The molecule has 0 aromatic heterocycles. The van der Waals surface area contributed by atoms with E-state index >= 15 is 0 Å². The average Bonchev–Trinajstić information content (AvgIpc) is 2.33. The largest absolute Gasteiger partial charge is 0.504 e. The fourth-order valence-corrected chi connectivity index (χ4v) is 2.11. The maximum atomic E-state index is 10.1. The number of phenolic OH excluding ortho intramolecular Hbond substituents is 2. The summed E-state index contributed by atoms with van der Waals surface area (Å²) in [5, 5.41) is 31.9. The second-order valence-electron chi connectivity index (χ2n) is 4.25. The van der Waals surface area contributed by atoms with Crippen molar-refractivity contribution in [3.8, 4) is 11.5 Å². The van der Waals surface area contributed by atoms with Crippen LogP contribution in [0.2, 0.25) is 0 Å². The zero-order valence-corrected chi connectivity index (χ0v) is 9.06. The third kappa shape index (κ3) is 2.28. The summed E-state index contributed by atoms with van der Waals surface area (Å²) in [5.41, 5.74) is 0.634. The van der Waals surface area contributed by atoms with E-state index in [0.717, 1.165) is 25.8 Å². The van der Waals surface area contributed by atoms with Crippen LogP contribution in [0.1, 0.15) is 30.9 Å². The van der Waals surface area contributed by atoms with Gasteiger partial charge in [0.2, 0.25) is 0 Å². The second kappa shape index (κ2) is 4.72. The smallest absolute Gasteiger partial charge is 0.157 e. The van der Waals surface area contributed by atoms with Crippen molar-refractivity contribution in [3.63, 3.8) is 0 Å². The molecule has 4 N–H and O–H groups in total. The van der Waals surface area contributed by atoms with Crippen LogP contribution in [0.3, 0.4) is 0 Å². The van der Waals surface area contributed by atoms with Crippen molar-refractivity contribution in [2.75, 3.05) is 6.54 Å². The average molecular weight is 223 g/mol. The minimum absolute atomic E-state index is 0.0395. The predicted octanol–water partition coefficient (Wildman–Crippen LogP) is 1.27. The number of aromatic hydroxyl groups is 2. The summed E-state index contributed by atoms with van der Waals surface area (Å²) in [5.74, 6) is -0.347. The van der Waals surface area contributed by atoms with Gasteiger partial charge < -0.3 is 20.6 Å². The zero-order chi connectivity index (χ0) is 11.5. The molecule has 1 aromatic rings. The number of hydrogen-bond donors (Lipinski definition) is 4. The van der Waals surface area contributed by atoms with Crippen molar-refractivity contribution in [1.29, 1.82) is 0 Å². The Morgan fingerprint density at radius 2 is 2.00 bits per heavy atom. The third-order valence-corrected chi connectivity index (χ3v) is 3.07. The van der Waals surface area contributed by atoms with E-state index in [1.807, 2.05) is 0 Å². The van der Waals surface area contributed by atoms with E-state index in [1.54, 1.807) is 6.07 Å². The Hall–Kier alpha value is -1.26. The lowest BCUT2D eigenvalue weighted by molar-refractivity contribution is 0.113. The van der Waals surface area contributed by atoms with Gasteiger partial charge in [0.15, 0.2) is 11.5 Å². The Balaban J connectivity index is 2.12. The predicted molar refractivity (Wildman–Crippen MR) is 60.4 cm³/mol. The molecule has 1 fully saturated rings. The monoisotopic (exact) mass is 223 g/mol. The van der Waals surface area contributed by atoms with E-state index in [-0.39, 0.29) is 17.5 Å². The van der Waals surface area contributed by atoms with E-state index in [9.17, 15) is 15.3 Å². The summed E-state index contributed by atoms with van der Waals surface area (Å²) in [6.45, 7) is 0.922. The minimum Gasteiger partial charge on any atom is -0.504 e. The van der Waals surface area contributed by atoms with Crippen molar-refractivity contribution in [3.05, 3.63) is 23.8 Å². The fourth-order valence-electron chi connectivity index (χ4n) is 2.11. The summed E-state index contributed by atoms with van der Waals surface area (Å²) in [6.07, 6.45) is 2.55. The SMILES string of the molecule is Oc1ccc([C@H](O)C2CCCCN2)cc1O. The first-order valence-corrected chi connectivity index (χ1v) is 5.62. The van der Waals surface area contributed by atoms with Crippen molar-refractivity contribution in [1.82, 2.24) is 5.32 Å². The van der Waals surface area contributed by atoms with Crippen molar-refractivity contribution in [2.45, 2.75) is 31.4 Å². The van der Waals surface area contributed by atoms with E-state index in [1.165, 1.54) is 12.1 Å². The molecule has 4 nitrogen and oxygen atoms in total. The molecule has 0 amide bonds. The Morgan fingerprint density at radius 1 is 1.19 bits per heavy atom. The van der Waals surface area contributed by atoms with E-state index in [4.69, 9.17) is 0 Å². The molecule has 2 atom stereocenters. The summed E-state index contributed by atoms with van der Waals surface area (Å²) < 4.78 is 0. The molecular weight excluding hydrogens is 206 g/mol. The first-order valence-electron chi connectivity index (χ1n) is 5.62. The standard InChI is InChI=1S/C12H17NO3/c14-10-5-4-8(7-11(10)15)12(16)9-3-1-2-6-13-9/h4-5,7,9,12-16H,1-3,6H2/t9?,12-/m0/s1. The van der Waals surface area contributed by atoms with Gasteiger partial charge in [-0.2, -0.15) is 0 Å². The van der Waals surface area contributed by atoms with Gasteiger partial charge in [0, 0.05) is 6.04 Å². The lowest BCUT2D eigenvalue weighted by Crippen LogP contribution is -2.38. The Kier molecular flexibility index (Phi) is 3.31. The molecule has 4 heteroatoms. The van der Waals surface area contributed by atoms with Crippen molar-refractivity contribution >= 4 is 0 Å². The van der Waals surface area contributed by atoms with Crippen LogP contribution in [0.4, 0.5) is 0 Å². The van der Waals surface area contributed by atoms with Crippen molar-refractivity contribution in [2.24, 2.45) is 0 Å². The molecule has 16 heavy (non-hydrogen) atoms. The van der Waals surface area contributed by atoms with Gasteiger partial charge in [0.25, 0.3) is 0 Å². The molecule has 1 aromatic carbocycles. The summed E-state index contributed by atoms with van der Waals surface area (Å²) in [4.78, 5) is 0. The molecule has 1 aliphatic heterocycles. The van der Waals surface area contributed by atoms with Crippen LogP contribution in [-0.4, -0.2) is 27.9 Å². The van der Waals surface area contributed by atoms with Gasteiger partial charge in [-0.3, -0.25) is 0 Å². The van der Waals surface area contributed by atoms with Gasteiger partial charge in [0.05, 0.1) is 6.10 Å². The van der Waals surface area contributed by atoms with Gasteiger partial charge in [0.1, 0.15) is 0 Å². The summed E-state index contributed by atoms with van der Waals surface area (Å²) in [7, 11) is 0. The van der Waals surface area contributed by atoms with Crippen LogP contribution < -0.4 is 5.32 Å². The quantitative estimate of drug-likeness (QED) is 0.570. The van der Waals surface area contributed by atoms with Gasteiger partial charge in [-0.1, -0.05) is 12.5 Å². The summed E-state index contributed by atoms with van der Waals surface area (Å²) >= 11 is 0. The molecule has 1 saturated heterocycles. The van der Waals surface area contributed by atoms with Gasteiger partial charge >= 0.3 is 0 Å². The number of piperidine rings is 1. The second-order valence-corrected chi connectivity index (χ2v) is 4.25. The number of aliphatic hydroxyl groups excluding tert-OH is 1. The maximum absolute atomic E-state index is 10.1. The number of nitrogens with one attached hydrogen (secondary N) is 1. The van der Waals surface area contributed by atoms with Crippen LogP contribution in [0.15, 0.2) is 18.2 Å². The van der Waals surface area contributed by atoms with Crippen LogP contribution in [0, 0.1) is 0 Å². The number of phenols is 2. The van der Waals surface area contributed by atoms with Gasteiger partial charge in [-0.15, -0.1) is 0 Å². The molecule has 0 bridgehead atoms. The van der Waals surface area contributed by atoms with Crippen LogP contribution >= 0.6 is 0 Å². The van der Waals surface area contributed by atoms with Gasteiger partial charge in [-0.25, -0.2) is 0 Å². The molecule has 0 radical (unpaired) electrons. The highest BCUT2D eigenvalue weighted by Gasteiger charge is 2.23. The summed E-state index contributed by atoms with van der Waals surface area (Å²) in [6, 6.07) is 4.49. The molecule has 1 aliphatic rings. The zero-order valence-electron chi connectivity index (χ0n) is 9.06. The number of rotatable bonds is 2. The van der Waals surface area contributed by atoms with E-state index < -0.39 is 6.10 Å². The maximum Gasteiger partial charge on any atom is 0.157 e. The lowest BCUT2D eigenvalue weighted by Gasteiger charge is -2.28. The van der Waals surface area contributed by atoms with E-state index in [2.05, 4.69) is 5.32 Å². The minimum atomic E-state index is -0.633. The first-order chi connectivity index (χ1) is 7.68. The molecular formula is C12H17NO3. The fraction of sp³-hybridized carbons (Fsp3) is 0.500. The van der Waals surface area contributed by atoms with Crippen LogP contribution in [0.25, 0.3) is 0 Å². The molecule has 2 rings (SSSR count). The van der Waals surface area contributed by atoms with Crippen molar-refractivity contribution < 1.29 is 15.3 Å². The lowest BCUT2D eigenvalue weighted by atomic mass is 9.95. The molecule has 88 valence electrons. The highest BCUT2D eigenvalue weighted by atomic mass is 16.3. The highest BCUT2D eigenvalue weighted by molar-refractivity contribution is 5.41. The third-order valence-electron chi connectivity index (χ3n) is 3.07. The molecule has 0 spiro atoms. The number of hydrogen-bond acceptors (Lipinski definition) is 4. The Morgan fingerprint density at radius 3 is 2.62 bits per heavy atom. The van der Waals surface area contributed by atoms with Crippen LogP contribution in [-0.2, 0) is 0 Å². The topological polar surface area (TPSA) is 72.7 Å². The molecule has 1 unspecified atom stereocenters. The molecule has 0 aliphatic carbocycles. The van der Waals surface area contributed by atoms with Gasteiger partial charge in [-0.05, 0) is 37.1 Å². The van der Waals surface area contributed by atoms with Crippen LogP contribution in [0.5, 0.6) is 11.5 Å². The Labute approximate surface area is 94.5 Å². The number of benzene rings is 1.